The van der Waals surface area contributed by atoms with Gasteiger partial charge in [0.05, 0.1) is 31.3 Å². The molecule has 23 heavy (non-hydrogen) atoms. The Morgan fingerprint density at radius 2 is 2.09 bits per heavy atom. The number of aromatic nitrogens is 3. The second kappa shape index (κ2) is 5.86. The number of furan rings is 1. The van der Waals surface area contributed by atoms with E-state index in [2.05, 4.69) is 15.4 Å². The van der Waals surface area contributed by atoms with Crippen LogP contribution < -0.4 is 5.32 Å². The molecule has 1 aromatic carbocycles. The van der Waals surface area contributed by atoms with Gasteiger partial charge in [-0.25, -0.2) is 9.50 Å². The number of imidazole rings is 1. The van der Waals surface area contributed by atoms with Crippen molar-refractivity contribution in [2.75, 3.05) is 5.32 Å². The first-order valence-corrected chi connectivity index (χ1v) is 7.96. The van der Waals surface area contributed by atoms with Crippen molar-refractivity contribution in [3.63, 3.8) is 0 Å². The number of aliphatic hydroxyl groups is 1. The number of rotatable bonds is 5. The van der Waals surface area contributed by atoms with Gasteiger partial charge in [0.2, 0.25) is 10.1 Å². The summed E-state index contributed by atoms with van der Waals surface area (Å²) in [6, 6.07) is 11.5. The number of hydrogen-bond donors (Lipinski definition) is 2. The highest BCUT2D eigenvalue weighted by Gasteiger charge is 2.11. The lowest BCUT2D eigenvalue weighted by atomic mass is 10.1. The summed E-state index contributed by atoms with van der Waals surface area (Å²) in [7, 11) is 0. The number of benzene rings is 1. The fourth-order valence-electron chi connectivity index (χ4n) is 2.32. The van der Waals surface area contributed by atoms with E-state index in [0.717, 1.165) is 32.7 Å². The largest absolute Gasteiger partial charge is 0.467 e. The summed E-state index contributed by atoms with van der Waals surface area (Å²) in [5, 5.41) is 17.7. The van der Waals surface area contributed by atoms with Crippen molar-refractivity contribution >= 4 is 21.4 Å². The third kappa shape index (κ3) is 2.71. The molecule has 0 saturated carbocycles. The number of nitrogens with one attached hydrogen (secondary N) is 1. The molecule has 4 aromatic rings. The summed E-state index contributed by atoms with van der Waals surface area (Å²) in [6.07, 6.45) is 3.46. The van der Waals surface area contributed by atoms with Crippen LogP contribution in [0, 0.1) is 0 Å². The molecule has 0 fully saturated rings. The van der Waals surface area contributed by atoms with Gasteiger partial charge in [0.15, 0.2) is 0 Å². The van der Waals surface area contributed by atoms with E-state index in [1.807, 2.05) is 47.1 Å². The number of hydrogen-bond acceptors (Lipinski definition) is 6. The fourth-order valence-corrected chi connectivity index (χ4v) is 3.09. The average Bonchev–Trinajstić information content (AvgIpc) is 3.30. The van der Waals surface area contributed by atoms with Crippen LogP contribution in [0.25, 0.3) is 16.2 Å². The standard InChI is InChI=1S/C16H14N4O2S/c21-10-11-3-5-12(6-4-11)14-9-18-16-20(14)19-15(23-16)17-8-13-2-1-7-22-13/h1-7,9,21H,8,10H2,(H,17,19). The second-order valence-corrected chi connectivity index (χ2v) is 5.99. The quantitative estimate of drug-likeness (QED) is 0.589. The van der Waals surface area contributed by atoms with Gasteiger partial charge in [0.25, 0.3) is 0 Å². The van der Waals surface area contributed by atoms with Crippen LogP contribution in [0.4, 0.5) is 5.13 Å². The average molecular weight is 326 g/mol. The molecule has 3 heterocycles. The Hall–Kier alpha value is -2.64. The van der Waals surface area contributed by atoms with E-state index in [0.29, 0.717) is 6.54 Å². The van der Waals surface area contributed by atoms with Crippen LogP contribution in [-0.2, 0) is 13.2 Å². The Morgan fingerprint density at radius 3 is 2.83 bits per heavy atom. The van der Waals surface area contributed by atoms with Crippen LogP contribution in [0.3, 0.4) is 0 Å². The molecule has 0 spiro atoms. The number of nitrogens with zero attached hydrogens (tertiary/aromatic N) is 3. The van der Waals surface area contributed by atoms with Gasteiger partial charge in [-0.2, -0.15) is 0 Å². The molecule has 3 aromatic heterocycles. The number of fused-ring (bicyclic) bond motifs is 1. The van der Waals surface area contributed by atoms with Gasteiger partial charge in [-0.3, -0.25) is 0 Å². The second-order valence-electron chi connectivity index (χ2n) is 5.03. The molecule has 4 rings (SSSR count). The minimum absolute atomic E-state index is 0.0413. The molecule has 0 bridgehead atoms. The van der Waals surface area contributed by atoms with Crippen molar-refractivity contribution in [2.24, 2.45) is 0 Å². The normalized spacial score (nSPS) is 11.2. The molecule has 0 atom stereocenters. The maximum atomic E-state index is 9.13. The fraction of sp³-hybridized carbons (Fsp3) is 0.125. The lowest BCUT2D eigenvalue weighted by Crippen LogP contribution is -1.98. The predicted octanol–water partition coefficient (Wildman–Crippen LogP) is 3.16. The molecule has 0 amide bonds. The van der Waals surface area contributed by atoms with Crippen LogP contribution in [0.15, 0.2) is 53.3 Å². The van der Waals surface area contributed by atoms with Crippen LogP contribution in [-0.4, -0.2) is 19.7 Å². The Labute approximate surface area is 136 Å². The molecule has 0 aliphatic carbocycles. The van der Waals surface area contributed by atoms with Gasteiger partial charge < -0.3 is 14.8 Å². The number of aliphatic hydroxyl groups excluding tert-OH is 1. The van der Waals surface area contributed by atoms with Crippen molar-refractivity contribution in [3.05, 3.63) is 60.2 Å². The maximum absolute atomic E-state index is 9.13. The van der Waals surface area contributed by atoms with Crippen molar-refractivity contribution in [3.8, 4) is 11.3 Å². The van der Waals surface area contributed by atoms with Crippen molar-refractivity contribution in [1.29, 1.82) is 0 Å². The topological polar surface area (TPSA) is 75.6 Å². The first kappa shape index (κ1) is 14.0. The molecule has 0 aliphatic rings. The van der Waals surface area contributed by atoms with E-state index in [1.54, 1.807) is 6.26 Å². The van der Waals surface area contributed by atoms with Crippen molar-refractivity contribution in [1.82, 2.24) is 14.6 Å². The molecule has 6 nitrogen and oxygen atoms in total. The molecular formula is C16H14N4O2S. The highest BCUT2D eigenvalue weighted by molar-refractivity contribution is 7.20. The van der Waals surface area contributed by atoms with Gasteiger partial charge in [0.1, 0.15) is 5.76 Å². The van der Waals surface area contributed by atoms with Crippen molar-refractivity contribution in [2.45, 2.75) is 13.2 Å². The Bertz CT molecular complexity index is 910. The smallest absolute Gasteiger partial charge is 0.214 e. The lowest BCUT2D eigenvalue weighted by Gasteiger charge is -2.01. The minimum Gasteiger partial charge on any atom is -0.467 e. The summed E-state index contributed by atoms with van der Waals surface area (Å²) < 4.78 is 7.12. The van der Waals surface area contributed by atoms with Crippen LogP contribution in [0.5, 0.6) is 0 Å². The molecule has 0 unspecified atom stereocenters. The van der Waals surface area contributed by atoms with Gasteiger partial charge >= 0.3 is 0 Å². The van der Waals surface area contributed by atoms with E-state index in [4.69, 9.17) is 9.52 Å². The lowest BCUT2D eigenvalue weighted by molar-refractivity contribution is 0.282. The highest BCUT2D eigenvalue weighted by atomic mass is 32.1. The van der Waals surface area contributed by atoms with Crippen LogP contribution in [0.2, 0.25) is 0 Å². The third-order valence-electron chi connectivity index (χ3n) is 3.51. The zero-order valence-corrected chi connectivity index (χ0v) is 13.0. The maximum Gasteiger partial charge on any atom is 0.214 e. The SMILES string of the molecule is OCc1ccc(-c2cnc3sc(NCc4ccco4)nn23)cc1. The summed E-state index contributed by atoms with van der Waals surface area (Å²) in [6.45, 7) is 0.629. The zero-order valence-electron chi connectivity index (χ0n) is 12.1. The van der Waals surface area contributed by atoms with E-state index in [9.17, 15) is 0 Å². The zero-order chi connectivity index (χ0) is 15.6. The number of anilines is 1. The van der Waals surface area contributed by atoms with Crippen molar-refractivity contribution < 1.29 is 9.52 Å². The van der Waals surface area contributed by atoms with Gasteiger partial charge in [-0.15, -0.1) is 5.10 Å². The Kier molecular flexibility index (Phi) is 3.57. The van der Waals surface area contributed by atoms with E-state index in [1.165, 1.54) is 11.3 Å². The van der Waals surface area contributed by atoms with Crippen LogP contribution >= 0.6 is 11.3 Å². The highest BCUT2D eigenvalue weighted by Crippen LogP contribution is 2.26. The van der Waals surface area contributed by atoms with E-state index < -0.39 is 0 Å². The third-order valence-corrected chi connectivity index (χ3v) is 4.39. The molecule has 0 radical (unpaired) electrons. The van der Waals surface area contributed by atoms with Crippen LogP contribution in [0.1, 0.15) is 11.3 Å². The summed E-state index contributed by atoms with van der Waals surface area (Å²) in [5.74, 6) is 0.859. The molecule has 0 saturated heterocycles. The molecule has 116 valence electrons. The first-order valence-electron chi connectivity index (χ1n) is 7.14. The Morgan fingerprint density at radius 1 is 1.22 bits per heavy atom. The van der Waals surface area contributed by atoms with Gasteiger partial charge in [-0.05, 0) is 17.7 Å². The minimum atomic E-state index is 0.0413. The molecule has 0 aliphatic heterocycles. The monoisotopic (exact) mass is 326 g/mol. The molecular weight excluding hydrogens is 312 g/mol. The van der Waals surface area contributed by atoms with Gasteiger partial charge in [-0.1, -0.05) is 35.6 Å². The predicted molar refractivity (Wildman–Crippen MR) is 88.3 cm³/mol. The Balaban J connectivity index is 1.60. The first-order chi connectivity index (χ1) is 11.3. The van der Waals surface area contributed by atoms with E-state index in [-0.39, 0.29) is 6.61 Å². The summed E-state index contributed by atoms with van der Waals surface area (Å²) >= 11 is 1.49. The molecule has 7 heteroatoms. The summed E-state index contributed by atoms with van der Waals surface area (Å²) in [4.78, 5) is 5.24. The summed E-state index contributed by atoms with van der Waals surface area (Å²) in [5.41, 5.74) is 2.82. The molecule has 2 N–H and O–H groups in total. The van der Waals surface area contributed by atoms with Gasteiger partial charge in [0, 0.05) is 5.56 Å². The van der Waals surface area contributed by atoms with E-state index >= 15 is 0 Å².